The van der Waals surface area contributed by atoms with Crippen molar-refractivity contribution in [1.82, 2.24) is 4.98 Å². The molecule has 1 rings (SSSR count). The molecule has 0 aliphatic heterocycles. The van der Waals surface area contributed by atoms with Crippen LogP contribution in [0.25, 0.3) is 0 Å². The zero-order chi connectivity index (χ0) is 10.0. The minimum atomic E-state index is -2.70. The molecule has 0 bridgehead atoms. The van der Waals surface area contributed by atoms with Crippen molar-refractivity contribution in [3.63, 3.8) is 0 Å². The first-order valence-electron chi connectivity index (χ1n) is 3.15. The highest BCUT2D eigenvalue weighted by Crippen LogP contribution is 2.29. The van der Waals surface area contributed by atoms with Gasteiger partial charge in [-0.15, -0.1) is 0 Å². The van der Waals surface area contributed by atoms with Crippen molar-refractivity contribution in [2.45, 2.75) is 6.43 Å². The molecule has 0 aliphatic rings. The van der Waals surface area contributed by atoms with Gasteiger partial charge in [0, 0.05) is 5.56 Å². The fourth-order valence-electron chi connectivity index (χ4n) is 0.766. The predicted molar refractivity (Wildman–Crippen MR) is 50.0 cm³/mol. The molecule has 13 heavy (non-hydrogen) atoms. The molecule has 1 aromatic heterocycles. The summed E-state index contributed by atoms with van der Waals surface area (Å²) in [6.07, 6.45) is -2.21. The first-order chi connectivity index (χ1) is 6.06. The third-order valence-electron chi connectivity index (χ3n) is 1.31. The van der Waals surface area contributed by atoms with Crippen molar-refractivity contribution in [1.29, 1.82) is 0 Å². The molecule has 6 heteroatoms. The number of alkyl halides is 2. The van der Waals surface area contributed by atoms with Crippen molar-refractivity contribution >= 4 is 38.1 Å². The van der Waals surface area contributed by atoms with E-state index in [2.05, 4.69) is 36.8 Å². The second-order valence-corrected chi connectivity index (χ2v) is 3.76. The lowest BCUT2D eigenvalue weighted by Gasteiger charge is -2.04. The lowest BCUT2D eigenvalue weighted by atomic mass is 10.2. The van der Waals surface area contributed by atoms with Gasteiger partial charge in [-0.3, -0.25) is 4.79 Å². The van der Waals surface area contributed by atoms with Gasteiger partial charge in [0.15, 0.2) is 6.29 Å². The number of hydrogen-bond donors (Lipinski definition) is 0. The molecule has 0 radical (unpaired) electrons. The van der Waals surface area contributed by atoms with E-state index in [1.807, 2.05) is 0 Å². The molecule has 2 nitrogen and oxygen atoms in total. The van der Waals surface area contributed by atoms with Crippen LogP contribution in [0.5, 0.6) is 0 Å². The maximum absolute atomic E-state index is 12.3. The Kier molecular flexibility index (Phi) is 3.49. The van der Waals surface area contributed by atoms with Gasteiger partial charge in [-0.1, -0.05) is 0 Å². The third-order valence-corrected chi connectivity index (χ3v) is 2.58. The maximum Gasteiger partial charge on any atom is 0.281 e. The Morgan fingerprint density at radius 2 is 2.08 bits per heavy atom. The summed E-state index contributed by atoms with van der Waals surface area (Å²) in [4.78, 5) is 14.0. The summed E-state index contributed by atoms with van der Waals surface area (Å²) >= 11 is 5.81. The van der Waals surface area contributed by atoms with E-state index < -0.39 is 12.1 Å². The van der Waals surface area contributed by atoms with Crippen molar-refractivity contribution < 1.29 is 13.6 Å². The lowest BCUT2D eigenvalue weighted by Crippen LogP contribution is -1.96. The molecule has 0 aromatic carbocycles. The van der Waals surface area contributed by atoms with E-state index >= 15 is 0 Å². The average Bonchev–Trinajstić information content (AvgIpc) is 2.08. The zero-order valence-electron chi connectivity index (χ0n) is 6.10. The van der Waals surface area contributed by atoms with Crippen LogP contribution in [0.4, 0.5) is 8.78 Å². The number of hydrogen-bond acceptors (Lipinski definition) is 2. The quantitative estimate of drug-likeness (QED) is 0.619. The van der Waals surface area contributed by atoms with Crippen LogP contribution in [-0.4, -0.2) is 11.3 Å². The normalized spacial score (nSPS) is 10.5. The van der Waals surface area contributed by atoms with E-state index in [-0.39, 0.29) is 14.6 Å². The van der Waals surface area contributed by atoms with E-state index in [4.69, 9.17) is 0 Å². The maximum atomic E-state index is 12.3. The summed E-state index contributed by atoms with van der Waals surface area (Å²) in [5.74, 6) is 0. The molecule has 0 N–H and O–H groups in total. The molecule has 0 unspecified atom stereocenters. The van der Waals surface area contributed by atoms with E-state index in [1.54, 1.807) is 0 Å². The summed E-state index contributed by atoms with van der Waals surface area (Å²) in [6.45, 7) is 0. The molecule has 0 amide bonds. The Balaban J connectivity index is 3.35. The predicted octanol–water partition coefficient (Wildman–Crippen LogP) is 3.36. The SMILES string of the molecule is O=Cc1cc(Br)nc(C(F)F)c1Br. The highest BCUT2D eigenvalue weighted by Gasteiger charge is 2.17. The van der Waals surface area contributed by atoms with Crippen LogP contribution < -0.4 is 0 Å². The minimum Gasteiger partial charge on any atom is -0.298 e. The fraction of sp³-hybridized carbons (Fsp3) is 0.143. The standard InChI is InChI=1S/C7H3Br2F2NO/c8-4-1-3(2-13)5(9)6(12-4)7(10)11/h1-2,7H. The van der Waals surface area contributed by atoms with Gasteiger partial charge in [0.2, 0.25) is 0 Å². The third kappa shape index (κ3) is 2.31. The smallest absolute Gasteiger partial charge is 0.281 e. The molecular weight excluding hydrogens is 312 g/mol. The Morgan fingerprint density at radius 3 is 2.54 bits per heavy atom. The molecular formula is C7H3Br2F2NO. The van der Waals surface area contributed by atoms with Gasteiger partial charge in [0.1, 0.15) is 10.3 Å². The Bertz CT molecular complexity index is 344. The molecule has 0 saturated heterocycles. The average molecular weight is 315 g/mol. The van der Waals surface area contributed by atoms with Crippen molar-refractivity contribution in [3.05, 3.63) is 26.4 Å². The van der Waals surface area contributed by atoms with E-state index in [0.29, 0.717) is 6.29 Å². The first kappa shape index (κ1) is 10.7. The molecule has 0 aliphatic carbocycles. The van der Waals surface area contributed by atoms with E-state index in [0.717, 1.165) is 0 Å². The van der Waals surface area contributed by atoms with E-state index in [9.17, 15) is 13.6 Å². The molecule has 0 fully saturated rings. The van der Waals surface area contributed by atoms with Crippen LogP contribution in [0, 0.1) is 0 Å². The Hall–Kier alpha value is -0.360. The monoisotopic (exact) mass is 313 g/mol. The topological polar surface area (TPSA) is 30.0 Å². The van der Waals surface area contributed by atoms with Crippen LogP contribution in [0.1, 0.15) is 22.5 Å². The van der Waals surface area contributed by atoms with Crippen LogP contribution in [0.2, 0.25) is 0 Å². The number of carbonyl (C=O) groups excluding carboxylic acids is 1. The molecule has 70 valence electrons. The summed E-state index contributed by atoms with van der Waals surface area (Å²) in [7, 11) is 0. The largest absolute Gasteiger partial charge is 0.298 e. The van der Waals surface area contributed by atoms with Gasteiger partial charge in [0.05, 0.1) is 4.47 Å². The summed E-state index contributed by atoms with van der Waals surface area (Å²) in [6, 6.07) is 1.36. The Labute approximate surface area is 89.6 Å². The summed E-state index contributed by atoms with van der Waals surface area (Å²) in [5, 5.41) is 0. The minimum absolute atomic E-state index is 0.0423. The van der Waals surface area contributed by atoms with Crippen molar-refractivity contribution in [2.24, 2.45) is 0 Å². The lowest BCUT2D eigenvalue weighted by molar-refractivity contribution is 0.112. The number of aromatic nitrogens is 1. The van der Waals surface area contributed by atoms with Gasteiger partial charge in [-0.05, 0) is 37.9 Å². The van der Waals surface area contributed by atoms with Crippen molar-refractivity contribution in [3.8, 4) is 0 Å². The number of pyridine rings is 1. The van der Waals surface area contributed by atoms with Gasteiger partial charge in [-0.25, -0.2) is 13.8 Å². The molecule has 0 saturated carbocycles. The number of nitrogens with zero attached hydrogens (tertiary/aromatic N) is 1. The summed E-state index contributed by atoms with van der Waals surface area (Å²) in [5.41, 5.74) is -0.284. The van der Waals surface area contributed by atoms with Crippen LogP contribution >= 0.6 is 31.9 Å². The molecule has 0 atom stereocenters. The van der Waals surface area contributed by atoms with Gasteiger partial charge in [0.25, 0.3) is 6.43 Å². The molecule has 0 spiro atoms. The fourth-order valence-corrected chi connectivity index (χ4v) is 1.67. The highest BCUT2D eigenvalue weighted by atomic mass is 79.9. The number of halogens is 4. The number of aldehydes is 1. The second kappa shape index (κ2) is 4.23. The van der Waals surface area contributed by atoms with Gasteiger partial charge in [-0.2, -0.15) is 0 Å². The van der Waals surface area contributed by atoms with Gasteiger partial charge >= 0.3 is 0 Å². The van der Waals surface area contributed by atoms with Crippen molar-refractivity contribution in [2.75, 3.05) is 0 Å². The second-order valence-electron chi connectivity index (χ2n) is 2.15. The number of carbonyl (C=O) groups is 1. The van der Waals surface area contributed by atoms with Gasteiger partial charge < -0.3 is 0 Å². The first-order valence-corrected chi connectivity index (χ1v) is 4.74. The number of rotatable bonds is 2. The van der Waals surface area contributed by atoms with Crippen LogP contribution in [0.15, 0.2) is 15.1 Å². The van der Waals surface area contributed by atoms with E-state index in [1.165, 1.54) is 6.07 Å². The van der Waals surface area contributed by atoms with Crippen LogP contribution in [-0.2, 0) is 0 Å². The molecule has 1 heterocycles. The summed E-state index contributed by atoms with van der Waals surface area (Å²) < 4.78 is 24.8. The molecule has 1 aromatic rings. The van der Waals surface area contributed by atoms with Crippen LogP contribution in [0.3, 0.4) is 0 Å². The zero-order valence-corrected chi connectivity index (χ0v) is 9.27. The Morgan fingerprint density at radius 1 is 1.46 bits per heavy atom. The highest BCUT2D eigenvalue weighted by molar-refractivity contribution is 9.11.